The van der Waals surface area contributed by atoms with Crippen LogP contribution in [-0.4, -0.2) is 23.6 Å². The molecule has 0 aromatic heterocycles. The van der Waals surface area contributed by atoms with Crippen molar-refractivity contribution in [1.82, 2.24) is 0 Å². The average molecular weight is 650 g/mol. The summed E-state index contributed by atoms with van der Waals surface area (Å²) in [6.45, 7) is 0. The summed E-state index contributed by atoms with van der Waals surface area (Å²) < 4.78 is 0. The van der Waals surface area contributed by atoms with E-state index in [1.54, 1.807) is 91.0 Å². The molecule has 0 saturated carbocycles. The number of amides is 4. The summed E-state index contributed by atoms with van der Waals surface area (Å²) in [4.78, 5) is 60.5. The third-order valence-electron chi connectivity index (χ3n) is 8.72. The fourth-order valence-corrected chi connectivity index (χ4v) is 7.55. The molecule has 214 valence electrons. The molecular weight excluding hydrogens is 630 g/mol. The summed E-state index contributed by atoms with van der Waals surface area (Å²) in [5.41, 5.74) is 0.630. The van der Waals surface area contributed by atoms with Crippen molar-refractivity contribution in [1.29, 1.82) is 0 Å². The summed E-state index contributed by atoms with van der Waals surface area (Å²) in [6.07, 6.45) is 0.00406. The number of halogens is 4. The number of carbonyl (C=O) groups is 4. The van der Waals surface area contributed by atoms with Crippen molar-refractivity contribution in [2.24, 2.45) is 11.3 Å². The number of anilines is 2. The van der Waals surface area contributed by atoms with Gasteiger partial charge in [0.15, 0.2) is 0 Å². The highest BCUT2D eigenvalue weighted by atomic mass is 35.5. The Balaban J connectivity index is 1.50. The summed E-state index contributed by atoms with van der Waals surface area (Å²) in [6, 6.07) is 24.5. The molecule has 0 N–H and O–H groups in total. The van der Waals surface area contributed by atoms with Crippen LogP contribution in [0.15, 0.2) is 91.0 Å². The molecule has 2 fully saturated rings. The molecule has 2 saturated heterocycles. The third kappa shape index (κ3) is 4.15. The summed E-state index contributed by atoms with van der Waals surface area (Å²) in [7, 11) is 0. The van der Waals surface area contributed by atoms with Gasteiger partial charge < -0.3 is 0 Å². The largest absolute Gasteiger partial charge is 0.274 e. The maximum absolute atomic E-state index is 14.9. The molecule has 0 bridgehead atoms. The lowest BCUT2D eigenvalue weighted by Gasteiger charge is -2.43. The molecule has 2 heterocycles. The number of benzene rings is 4. The Hall–Kier alpha value is -3.68. The average Bonchev–Trinajstić information content (AvgIpc) is 3.38. The first kappa shape index (κ1) is 28.1. The summed E-state index contributed by atoms with van der Waals surface area (Å²) in [5.74, 6) is -5.42. The molecule has 4 atom stereocenters. The van der Waals surface area contributed by atoms with Crippen LogP contribution in [-0.2, 0) is 25.6 Å². The first-order valence-electron chi connectivity index (χ1n) is 13.4. The predicted molar refractivity (Wildman–Crippen MR) is 166 cm³/mol. The van der Waals surface area contributed by atoms with Crippen LogP contribution in [0.2, 0.25) is 20.1 Å². The molecule has 7 rings (SSSR count). The molecule has 0 unspecified atom stereocenters. The van der Waals surface area contributed by atoms with Crippen LogP contribution < -0.4 is 9.80 Å². The predicted octanol–water partition coefficient (Wildman–Crippen LogP) is 7.47. The Morgan fingerprint density at radius 2 is 1.07 bits per heavy atom. The third-order valence-corrected chi connectivity index (χ3v) is 9.71. The molecule has 4 amide bonds. The van der Waals surface area contributed by atoms with Crippen molar-refractivity contribution in [3.8, 4) is 0 Å². The topological polar surface area (TPSA) is 74.8 Å². The van der Waals surface area contributed by atoms with E-state index in [0.29, 0.717) is 48.2 Å². The fourth-order valence-electron chi connectivity index (χ4n) is 6.99. The minimum Gasteiger partial charge on any atom is -0.274 e. The van der Waals surface area contributed by atoms with Crippen molar-refractivity contribution >= 4 is 81.4 Å². The second-order valence-electron chi connectivity index (χ2n) is 10.9. The standard InChI is InChI=1S/C33H20Cl4N2O4/c34-18-3-1-17(2-4-18)16-33-27(30(41)39(32(33)43)23-12-7-20(36)8-13-23)25-15-21(37)9-14-24(25)26-28(33)31(42)38(29(26)40)22-10-5-19(35)6-11-22/h1-15,26-28H,16H2/t26-,27+,28-,33+/m1/s1. The van der Waals surface area contributed by atoms with Gasteiger partial charge in [0.2, 0.25) is 23.6 Å². The number of carbonyl (C=O) groups excluding carboxylic acids is 4. The van der Waals surface area contributed by atoms with E-state index in [0.717, 1.165) is 9.80 Å². The maximum Gasteiger partial charge on any atom is 0.242 e. The van der Waals surface area contributed by atoms with Crippen LogP contribution >= 0.6 is 46.4 Å². The molecule has 0 radical (unpaired) electrons. The van der Waals surface area contributed by atoms with Crippen LogP contribution in [0.4, 0.5) is 11.4 Å². The van der Waals surface area contributed by atoms with E-state index in [1.807, 2.05) is 0 Å². The molecule has 10 heteroatoms. The highest BCUT2D eigenvalue weighted by Gasteiger charge is 2.73. The van der Waals surface area contributed by atoms with Gasteiger partial charge in [-0.1, -0.05) is 64.6 Å². The zero-order valence-electron chi connectivity index (χ0n) is 22.1. The second-order valence-corrected chi connectivity index (χ2v) is 12.7. The van der Waals surface area contributed by atoms with Gasteiger partial charge in [-0.2, -0.15) is 0 Å². The van der Waals surface area contributed by atoms with Gasteiger partial charge in [0, 0.05) is 20.1 Å². The monoisotopic (exact) mass is 648 g/mol. The number of fused-ring (bicyclic) bond motifs is 6. The lowest BCUT2D eigenvalue weighted by atomic mass is 9.54. The number of nitrogens with zero attached hydrogens (tertiary/aromatic N) is 2. The van der Waals surface area contributed by atoms with Gasteiger partial charge in [-0.25, -0.2) is 9.80 Å². The first-order valence-corrected chi connectivity index (χ1v) is 14.9. The van der Waals surface area contributed by atoms with Gasteiger partial charge in [-0.3, -0.25) is 19.2 Å². The zero-order chi connectivity index (χ0) is 30.2. The van der Waals surface area contributed by atoms with Gasteiger partial charge in [0.25, 0.3) is 0 Å². The summed E-state index contributed by atoms with van der Waals surface area (Å²) in [5, 5.41) is 1.71. The first-order chi connectivity index (χ1) is 20.6. The summed E-state index contributed by atoms with van der Waals surface area (Å²) >= 11 is 24.9. The van der Waals surface area contributed by atoms with Gasteiger partial charge in [-0.05, 0) is 95.9 Å². The van der Waals surface area contributed by atoms with Crippen LogP contribution in [0.3, 0.4) is 0 Å². The van der Waals surface area contributed by atoms with Crippen molar-refractivity contribution in [2.75, 3.05) is 9.80 Å². The molecule has 43 heavy (non-hydrogen) atoms. The lowest BCUT2D eigenvalue weighted by molar-refractivity contribution is -0.138. The molecular formula is C33H20Cl4N2O4. The number of imide groups is 2. The minimum atomic E-state index is -1.65. The van der Waals surface area contributed by atoms with E-state index < -0.39 is 46.8 Å². The highest BCUT2D eigenvalue weighted by molar-refractivity contribution is 6.34. The molecule has 2 aliphatic heterocycles. The normalized spacial score (nSPS) is 24.3. The highest BCUT2D eigenvalue weighted by Crippen LogP contribution is 2.63. The molecule has 4 aromatic carbocycles. The Labute approximate surface area is 266 Å². The van der Waals surface area contributed by atoms with Crippen molar-refractivity contribution < 1.29 is 19.2 Å². The van der Waals surface area contributed by atoms with E-state index in [2.05, 4.69) is 0 Å². The number of rotatable bonds is 4. The molecule has 1 aliphatic carbocycles. The molecule has 6 nitrogen and oxygen atoms in total. The Bertz CT molecular complexity index is 1840. The van der Waals surface area contributed by atoms with E-state index in [9.17, 15) is 19.2 Å². The molecule has 3 aliphatic rings. The van der Waals surface area contributed by atoms with Crippen molar-refractivity contribution in [3.63, 3.8) is 0 Å². The van der Waals surface area contributed by atoms with E-state index >= 15 is 0 Å². The molecule has 0 spiro atoms. The second kappa shape index (κ2) is 10.2. The van der Waals surface area contributed by atoms with Gasteiger partial charge in [0.1, 0.15) is 0 Å². The number of hydrogen-bond acceptors (Lipinski definition) is 4. The van der Waals surface area contributed by atoms with Crippen LogP contribution in [0.1, 0.15) is 28.5 Å². The van der Waals surface area contributed by atoms with E-state index in [-0.39, 0.29) is 6.42 Å². The maximum atomic E-state index is 14.9. The van der Waals surface area contributed by atoms with Crippen molar-refractivity contribution in [3.05, 3.63) is 128 Å². The van der Waals surface area contributed by atoms with Gasteiger partial charge >= 0.3 is 0 Å². The Morgan fingerprint density at radius 1 is 0.558 bits per heavy atom. The van der Waals surface area contributed by atoms with Crippen LogP contribution in [0.5, 0.6) is 0 Å². The smallest absolute Gasteiger partial charge is 0.242 e. The molecule has 4 aromatic rings. The van der Waals surface area contributed by atoms with Gasteiger partial charge in [0.05, 0.1) is 34.5 Å². The van der Waals surface area contributed by atoms with Crippen molar-refractivity contribution in [2.45, 2.75) is 18.3 Å². The lowest BCUT2D eigenvalue weighted by Crippen LogP contribution is -2.51. The van der Waals surface area contributed by atoms with Gasteiger partial charge in [-0.15, -0.1) is 0 Å². The van der Waals surface area contributed by atoms with E-state index in [4.69, 9.17) is 46.4 Å². The Kier molecular flexibility index (Phi) is 6.67. The van der Waals surface area contributed by atoms with E-state index in [1.165, 1.54) is 0 Å². The quantitative estimate of drug-likeness (QED) is 0.215. The number of hydrogen-bond donors (Lipinski definition) is 0. The van der Waals surface area contributed by atoms with Crippen LogP contribution in [0.25, 0.3) is 0 Å². The minimum absolute atomic E-state index is 0.00406. The zero-order valence-corrected chi connectivity index (χ0v) is 25.2. The SMILES string of the molecule is O=C1[C@@H]2c3ccc(Cl)cc3[C@H]3C(=O)N(c4ccc(Cl)cc4)C(=O)[C@]3(Cc3ccc(Cl)cc3)[C@H]2C(=O)N1c1ccc(Cl)cc1. The Morgan fingerprint density at radius 3 is 1.65 bits per heavy atom. The van der Waals surface area contributed by atoms with Crippen LogP contribution in [0, 0.1) is 11.3 Å². The fraction of sp³-hybridized carbons (Fsp3) is 0.152.